The molecule has 3 N–H and O–H groups in total. The van der Waals surface area contributed by atoms with Crippen LogP contribution in [0.2, 0.25) is 0 Å². The number of hydrogen-bond donors (Lipinski definition) is 2. The van der Waals surface area contributed by atoms with E-state index in [0.29, 0.717) is 0 Å². The van der Waals surface area contributed by atoms with E-state index in [1.165, 1.54) is 0 Å². The lowest BCUT2D eigenvalue weighted by molar-refractivity contribution is 0.249. The van der Waals surface area contributed by atoms with Gasteiger partial charge in [-0.3, -0.25) is 0 Å². The Morgan fingerprint density at radius 3 is 2.92 bits per heavy atom. The number of urea groups is 1. The van der Waals surface area contributed by atoms with Gasteiger partial charge in [-0.15, -0.1) is 0 Å². The van der Waals surface area contributed by atoms with E-state index < -0.39 is 6.03 Å². The Hall–Kier alpha value is -1.32. The fraction of sp³-hybridized carbons (Fsp3) is 0.556. The molecule has 1 aliphatic rings. The van der Waals surface area contributed by atoms with Crippen LogP contribution < -0.4 is 11.2 Å². The third-order valence-electron chi connectivity index (χ3n) is 1.93. The van der Waals surface area contributed by atoms with Gasteiger partial charge in [-0.05, 0) is 32.1 Å². The van der Waals surface area contributed by atoms with Gasteiger partial charge in [-0.1, -0.05) is 12.2 Å². The molecule has 0 unspecified atom stereocenters. The van der Waals surface area contributed by atoms with Gasteiger partial charge in [0, 0.05) is 5.71 Å². The van der Waals surface area contributed by atoms with E-state index in [0.717, 1.165) is 37.8 Å². The van der Waals surface area contributed by atoms with Gasteiger partial charge in [0.2, 0.25) is 0 Å². The molecule has 0 radical (unpaired) electrons. The first kappa shape index (κ1) is 9.77. The van der Waals surface area contributed by atoms with Crippen LogP contribution in [-0.4, -0.2) is 11.7 Å². The van der Waals surface area contributed by atoms with E-state index in [1.54, 1.807) is 0 Å². The molecule has 0 aliphatic heterocycles. The van der Waals surface area contributed by atoms with E-state index in [9.17, 15) is 4.79 Å². The molecule has 13 heavy (non-hydrogen) atoms. The van der Waals surface area contributed by atoms with Crippen LogP contribution in [-0.2, 0) is 0 Å². The van der Waals surface area contributed by atoms with Crippen molar-refractivity contribution in [1.29, 1.82) is 0 Å². The highest BCUT2D eigenvalue weighted by Gasteiger charge is 2.01. The number of primary amides is 1. The molecule has 72 valence electrons. The SMILES string of the molecule is NC(=O)N/N=C1\CC/C=C\CCC1. The molecule has 1 rings (SSSR count). The molecule has 0 fully saturated rings. The summed E-state index contributed by atoms with van der Waals surface area (Å²) in [6.45, 7) is 0. The largest absolute Gasteiger partial charge is 0.350 e. The molecular formula is C9H15N3O. The van der Waals surface area contributed by atoms with Crippen LogP contribution in [0.5, 0.6) is 0 Å². The second-order valence-electron chi connectivity index (χ2n) is 3.06. The van der Waals surface area contributed by atoms with Crippen molar-refractivity contribution in [3.8, 4) is 0 Å². The average Bonchev–Trinajstić information content (AvgIpc) is 2.01. The molecule has 0 aromatic rings. The van der Waals surface area contributed by atoms with Crippen molar-refractivity contribution in [2.24, 2.45) is 10.8 Å². The van der Waals surface area contributed by atoms with Crippen LogP contribution in [0.3, 0.4) is 0 Å². The molecule has 0 aromatic heterocycles. The summed E-state index contributed by atoms with van der Waals surface area (Å²) in [4.78, 5) is 10.4. The Balaban J connectivity index is 2.43. The highest BCUT2D eigenvalue weighted by Crippen LogP contribution is 2.08. The summed E-state index contributed by atoms with van der Waals surface area (Å²) in [6, 6.07) is -0.592. The molecule has 4 heteroatoms. The Morgan fingerprint density at radius 2 is 2.15 bits per heavy atom. The number of carbonyl (C=O) groups is 1. The number of nitrogens with zero attached hydrogens (tertiary/aromatic N) is 1. The molecule has 0 spiro atoms. The summed E-state index contributed by atoms with van der Waals surface area (Å²) < 4.78 is 0. The third-order valence-corrected chi connectivity index (χ3v) is 1.93. The van der Waals surface area contributed by atoms with E-state index in [1.807, 2.05) is 0 Å². The van der Waals surface area contributed by atoms with E-state index in [2.05, 4.69) is 22.7 Å². The van der Waals surface area contributed by atoms with E-state index in [4.69, 9.17) is 5.73 Å². The van der Waals surface area contributed by atoms with Crippen molar-refractivity contribution in [3.63, 3.8) is 0 Å². The molecule has 0 heterocycles. The molecule has 4 nitrogen and oxygen atoms in total. The molecule has 1 aliphatic carbocycles. The predicted molar refractivity (Wildman–Crippen MR) is 52.4 cm³/mol. The summed E-state index contributed by atoms with van der Waals surface area (Å²) in [5.74, 6) is 0. The van der Waals surface area contributed by atoms with Crippen molar-refractivity contribution in [3.05, 3.63) is 12.2 Å². The maximum absolute atomic E-state index is 10.4. The van der Waals surface area contributed by atoms with E-state index in [-0.39, 0.29) is 0 Å². The van der Waals surface area contributed by atoms with Crippen LogP contribution >= 0.6 is 0 Å². The number of hydrazone groups is 1. The lowest BCUT2D eigenvalue weighted by atomic mass is 10.0. The Morgan fingerprint density at radius 1 is 1.38 bits per heavy atom. The van der Waals surface area contributed by atoms with Crippen molar-refractivity contribution in [2.75, 3.05) is 0 Å². The van der Waals surface area contributed by atoms with Gasteiger partial charge in [0.05, 0.1) is 0 Å². The first-order chi connectivity index (χ1) is 6.29. The maximum Gasteiger partial charge on any atom is 0.332 e. The van der Waals surface area contributed by atoms with Gasteiger partial charge in [0.15, 0.2) is 0 Å². The van der Waals surface area contributed by atoms with Crippen molar-refractivity contribution >= 4 is 11.7 Å². The van der Waals surface area contributed by atoms with Crippen LogP contribution in [0.25, 0.3) is 0 Å². The monoisotopic (exact) mass is 181 g/mol. The summed E-state index contributed by atoms with van der Waals surface area (Å²) in [6.07, 6.45) is 9.39. The van der Waals surface area contributed by atoms with Crippen LogP contribution in [0, 0.1) is 0 Å². The average molecular weight is 181 g/mol. The number of carbonyl (C=O) groups excluding carboxylic acids is 1. The molecule has 0 saturated carbocycles. The number of nitrogens with one attached hydrogen (secondary N) is 1. The lowest BCUT2D eigenvalue weighted by Crippen LogP contribution is -2.25. The first-order valence-electron chi connectivity index (χ1n) is 4.55. The first-order valence-corrected chi connectivity index (χ1v) is 4.55. The number of hydrogen-bond acceptors (Lipinski definition) is 2. The highest BCUT2D eigenvalue weighted by atomic mass is 16.2. The van der Waals surface area contributed by atoms with Gasteiger partial charge in [-0.2, -0.15) is 5.10 Å². The number of allylic oxidation sites excluding steroid dienone is 2. The molecule has 0 saturated heterocycles. The van der Waals surface area contributed by atoms with Gasteiger partial charge >= 0.3 is 6.03 Å². The van der Waals surface area contributed by atoms with Gasteiger partial charge in [0.25, 0.3) is 0 Å². The minimum absolute atomic E-state index is 0.592. The Kier molecular flexibility index (Phi) is 4.02. The van der Waals surface area contributed by atoms with Gasteiger partial charge in [-0.25, -0.2) is 10.2 Å². The van der Waals surface area contributed by atoms with Gasteiger partial charge < -0.3 is 5.73 Å². The zero-order chi connectivity index (χ0) is 9.52. The molecule has 2 amide bonds. The lowest BCUT2D eigenvalue weighted by Gasteiger charge is -2.06. The van der Waals surface area contributed by atoms with Crippen molar-refractivity contribution < 1.29 is 4.79 Å². The topological polar surface area (TPSA) is 67.5 Å². The van der Waals surface area contributed by atoms with Crippen LogP contribution in [0.15, 0.2) is 17.3 Å². The second kappa shape index (κ2) is 5.35. The Labute approximate surface area is 77.9 Å². The predicted octanol–water partition coefficient (Wildman–Crippen LogP) is 1.53. The van der Waals surface area contributed by atoms with Gasteiger partial charge in [0.1, 0.15) is 0 Å². The fourth-order valence-electron chi connectivity index (χ4n) is 1.28. The summed E-state index contributed by atoms with van der Waals surface area (Å²) in [5.41, 5.74) is 8.21. The number of amides is 2. The fourth-order valence-corrected chi connectivity index (χ4v) is 1.28. The zero-order valence-corrected chi connectivity index (χ0v) is 7.62. The number of rotatable bonds is 1. The second-order valence-corrected chi connectivity index (χ2v) is 3.06. The Bertz CT molecular complexity index is 233. The number of nitrogens with two attached hydrogens (primary N) is 1. The molecule has 0 aromatic carbocycles. The smallest absolute Gasteiger partial charge is 0.332 e. The standard InChI is InChI=1S/C9H15N3O/c10-9(13)12-11-8-6-4-2-1-3-5-7-8/h1-2H,3-7H2,(H3,10,12,13)/b2-1-,11-8+. The molecule has 0 atom stereocenters. The third kappa shape index (κ3) is 4.30. The van der Waals surface area contributed by atoms with Crippen molar-refractivity contribution in [1.82, 2.24) is 5.43 Å². The van der Waals surface area contributed by atoms with Crippen LogP contribution in [0.4, 0.5) is 4.79 Å². The minimum Gasteiger partial charge on any atom is -0.350 e. The zero-order valence-electron chi connectivity index (χ0n) is 7.62. The normalized spacial score (nSPS) is 23.2. The molecule has 0 bridgehead atoms. The summed E-state index contributed by atoms with van der Waals surface area (Å²) >= 11 is 0. The minimum atomic E-state index is -0.592. The summed E-state index contributed by atoms with van der Waals surface area (Å²) in [7, 11) is 0. The van der Waals surface area contributed by atoms with E-state index >= 15 is 0 Å². The van der Waals surface area contributed by atoms with Crippen LogP contribution in [0.1, 0.15) is 32.1 Å². The summed E-state index contributed by atoms with van der Waals surface area (Å²) in [5, 5.41) is 3.94. The highest BCUT2D eigenvalue weighted by molar-refractivity contribution is 5.86. The maximum atomic E-state index is 10.4. The quantitative estimate of drug-likeness (QED) is 0.467. The van der Waals surface area contributed by atoms with Crippen molar-refractivity contribution in [2.45, 2.75) is 32.1 Å². The molecular weight excluding hydrogens is 166 g/mol.